The number of urea groups is 1. The van der Waals surface area contributed by atoms with Gasteiger partial charge in [0, 0.05) is 13.2 Å². The molecule has 1 fully saturated rings. The van der Waals surface area contributed by atoms with Gasteiger partial charge in [-0.3, -0.25) is 0 Å². The molecule has 1 saturated heterocycles. The molecule has 1 aromatic heterocycles. The molecule has 22 heavy (non-hydrogen) atoms. The molecule has 2 rings (SSSR count). The van der Waals surface area contributed by atoms with E-state index >= 15 is 0 Å². The molecule has 124 valence electrons. The quantitative estimate of drug-likeness (QED) is 0.830. The topological polar surface area (TPSA) is 81.5 Å². The average molecular weight is 311 g/mol. The molecule has 2 amide bonds. The van der Waals surface area contributed by atoms with Crippen molar-refractivity contribution in [1.29, 1.82) is 0 Å². The molecular formula is C14H25N5O3. The SMILES string of the molecule is CCOCC1CN(C(=O)NCc2nn(CC)nc2C)CCO1. The van der Waals surface area contributed by atoms with Crippen LogP contribution in [0.15, 0.2) is 0 Å². The van der Waals surface area contributed by atoms with Crippen molar-refractivity contribution in [3.63, 3.8) is 0 Å². The van der Waals surface area contributed by atoms with Crippen molar-refractivity contribution < 1.29 is 14.3 Å². The number of hydrogen-bond donors (Lipinski definition) is 1. The van der Waals surface area contributed by atoms with E-state index in [0.29, 0.717) is 39.5 Å². The third-order valence-corrected chi connectivity index (χ3v) is 3.54. The molecule has 8 heteroatoms. The summed E-state index contributed by atoms with van der Waals surface area (Å²) in [5, 5.41) is 11.5. The lowest BCUT2D eigenvalue weighted by Crippen LogP contribution is -2.50. The minimum Gasteiger partial charge on any atom is -0.379 e. The summed E-state index contributed by atoms with van der Waals surface area (Å²) >= 11 is 0. The van der Waals surface area contributed by atoms with Gasteiger partial charge >= 0.3 is 6.03 Å². The number of rotatable bonds is 6. The predicted molar refractivity (Wildman–Crippen MR) is 80.5 cm³/mol. The first kappa shape index (κ1) is 16.7. The number of morpholine rings is 1. The van der Waals surface area contributed by atoms with Crippen molar-refractivity contribution in [3.05, 3.63) is 11.4 Å². The molecule has 1 atom stereocenters. The predicted octanol–water partition coefficient (Wildman–Crippen LogP) is 0.553. The number of ether oxygens (including phenoxy) is 2. The lowest BCUT2D eigenvalue weighted by molar-refractivity contribution is -0.0566. The summed E-state index contributed by atoms with van der Waals surface area (Å²) in [6.07, 6.45) is -0.0536. The molecule has 8 nitrogen and oxygen atoms in total. The lowest BCUT2D eigenvalue weighted by atomic mass is 10.3. The molecule has 0 bridgehead atoms. The standard InChI is InChI=1S/C14H25N5O3/c1-4-19-16-11(3)13(17-19)8-15-14(20)18-6-7-22-12(9-18)10-21-5-2/h12H,4-10H2,1-3H3,(H,15,20). The summed E-state index contributed by atoms with van der Waals surface area (Å²) in [5.74, 6) is 0. The van der Waals surface area contributed by atoms with Crippen LogP contribution < -0.4 is 5.32 Å². The van der Waals surface area contributed by atoms with Crippen molar-refractivity contribution in [2.45, 2.75) is 40.0 Å². The van der Waals surface area contributed by atoms with Crippen LogP contribution in [0.25, 0.3) is 0 Å². The summed E-state index contributed by atoms with van der Waals surface area (Å²) in [6, 6.07) is -0.102. The molecule has 0 aliphatic carbocycles. The van der Waals surface area contributed by atoms with E-state index < -0.39 is 0 Å². The molecule has 0 saturated carbocycles. The number of aromatic nitrogens is 3. The normalized spacial score (nSPS) is 18.5. The molecule has 0 spiro atoms. The number of aryl methyl sites for hydroxylation is 2. The van der Waals surface area contributed by atoms with E-state index in [9.17, 15) is 4.79 Å². The molecule has 0 aromatic carbocycles. The fourth-order valence-electron chi connectivity index (χ4n) is 2.29. The Morgan fingerprint density at radius 2 is 2.27 bits per heavy atom. The van der Waals surface area contributed by atoms with Crippen molar-refractivity contribution in [2.75, 3.05) is 32.9 Å². The highest BCUT2D eigenvalue weighted by molar-refractivity contribution is 5.74. The van der Waals surface area contributed by atoms with E-state index in [0.717, 1.165) is 17.9 Å². The number of nitrogens with zero attached hydrogens (tertiary/aromatic N) is 4. The van der Waals surface area contributed by atoms with E-state index in [1.165, 1.54) is 0 Å². The van der Waals surface area contributed by atoms with Crippen molar-refractivity contribution >= 4 is 6.03 Å². The monoisotopic (exact) mass is 311 g/mol. The number of amides is 2. The van der Waals surface area contributed by atoms with E-state index in [1.54, 1.807) is 9.70 Å². The highest BCUT2D eigenvalue weighted by atomic mass is 16.5. The smallest absolute Gasteiger partial charge is 0.317 e. The zero-order valence-corrected chi connectivity index (χ0v) is 13.5. The van der Waals surface area contributed by atoms with Gasteiger partial charge < -0.3 is 19.7 Å². The second-order valence-corrected chi connectivity index (χ2v) is 5.18. The first-order valence-electron chi connectivity index (χ1n) is 7.76. The summed E-state index contributed by atoms with van der Waals surface area (Å²) in [5.41, 5.74) is 1.65. The van der Waals surface area contributed by atoms with Crippen molar-refractivity contribution in [1.82, 2.24) is 25.2 Å². The van der Waals surface area contributed by atoms with Gasteiger partial charge in [0.2, 0.25) is 0 Å². The molecule has 2 heterocycles. The molecule has 0 radical (unpaired) electrons. The number of carbonyl (C=O) groups excluding carboxylic acids is 1. The van der Waals surface area contributed by atoms with E-state index in [-0.39, 0.29) is 12.1 Å². The second-order valence-electron chi connectivity index (χ2n) is 5.18. The average Bonchev–Trinajstić information content (AvgIpc) is 2.91. The Labute approximate surface area is 130 Å². The van der Waals surface area contributed by atoms with E-state index in [2.05, 4.69) is 15.5 Å². The van der Waals surface area contributed by atoms with Gasteiger partial charge in [0.05, 0.1) is 44.6 Å². The van der Waals surface area contributed by atoms with Crippen LogP contribution >= 0.6 is 0 Å². The van der Waals surface area contributed by atoms with E-state index in [4.69, 9.17) is 9.47 Å². The van der Waals surface area contributed by atoms with Crippen molar-refractivity contribution in [3.8, 4) is 0 Å². The Hall–Kier alpha value is -1.67. The Bertz CT molecular complexity index is 491. The van der Waals surface area contributed by atoms with Gasteiger partial charge in [-0.1, -0.05) is 0 Å². The Kier molecular flexibility index (Phi) is 6.14. The maximum Gasteiger partial charge on any atom is 0.317 e. The molecule has 1 aliphatic rings. The number of carbonyl (C=O) groups is 1. The summed E-state index contributed by atoms with van der Waals surface area (Å²) < 4.78 is 10.9. The summed E-state index contributed by atoms with van der Waals surface area (Å²) in [7, 11) is 0. The van der Waals surface area contributed by atoms with Crippen LogP contribution in [0.4, 0.5) is 4.79 Å². The largest absolute Gasteiger partial charge is 0.379 e. The highest BCUT2D eigenvalue weighted by Gasteiger charge is 2.24. The third kappa shape index (κ3) is 4.41. The summed E-state index contributed by atoms with van der Waals surface area (Å²) in [4.78, 5) is 15.6. The Balaban J connectivity index is 1.82. The van der Waals surface area contributed by atoms with Crippen molar-refractivity contribution in [2.24, 2.45) is 0 Å². The van der Waals surface area contributed by atoms with Gasteiger partial charge in [0.25, 0.3) is 0 Å². The maximum atomic E-state index is 12.2. The number of nitrogens with one attached hydrogen (secondary N) is 1. The van der Waals surface area contributed by atoms with Crippen LogP contribution in [-0.4, -0.2) is 64.9 Å². The van der Waals surface area contributed by atoms with E-state index in [1.807, 2.05) is 20.8 Å². The molecular weight excluding hydrogens is 286 g/mol. The van der Waals surface area contributed by atoms with Gasteiger partial charge in [0.15, 0.2) is 0 Å². The van der Waals surface area contributed by atoms with Crippen LogP contribution in [0.5, 0.6) is 0 Å². The van der Waals surface area contributed by atoms with Gasteiger partial charge in [-0.2, -0.15) is 15.0 Å². The molecule has 1 aromatic rings. The molecule has 1 unspecified atom stereocenters. The zero-order valence-electron chi connectivity index (χ0n) is 13.5. The van der Waals surface area contributed by atoms with Crippen LogP contribution in [0, 0.1) is 6.92 Å². The van der Waals surface area contributed by atoms with Gasteiger partial charge in [-0.25, -0.2) is 4.79 Å². The fourth-order valence-corrected chi connectivity index (χ4v) is 2.29. The zero-order chi connectivity index (χ0) is 15.9. The van der Waals surface area contributed by atoms with Crippen LogP contribution in [0.2, 0.25) is 0 Å². The Morgan fingerprint density at radius 3 is 2.95 bits per heavy atom. The molecule has 1 N–H and O–H groups in total. The van der Waals surface area contributed by atoms with Gasteiger partial charge in [-0.15, -0.1) is 0 Å². The first-order valence-corrected chi connectivity index (χ1v) is 7.76. The first-order chi connectivity index (χ1) is 10.6. The fraction of sp³-hybridized carbons (Fsp3) is 0.786. The highest BCUT2D eigenvalue weighted by Crippen LogP contribution is 2.07. The minimum absolute atomic E-state index is 0.0536. The lowest BCUT2D eigenvalue weighted by Gasteiger charge is -2.32. The second kappa shape index (κ2) is 8.09. The molecule has 1 aliphatic heterocycles. The van der Waals surface area contributed by atoms with Gasteiger partial charge in [-0.05, 0) is 20.8 Å². The van der Waals surface area contributed by atoms with Gasteiger partial charge in [0.1, 0.15) is 5.69 Å². The van der Waals surface area contributed by atoms with Crippen LogP contribution in [-0.2, 0) is 22.6 Å². The minimum atomic E-state index is -0.102. The maximum absolute atomic E-state index is 12.2. The number of hydrogen-bond acceptors (Lipinski definition) is 5. The third-order valence-electron chi connectivity index (χ3n) is 3.54. The Morgan fingerprint density at radius 1 is 1.45 bits per heavy atom. The summed E-state index contributed by atoms with van der Waals surface area (Å²) in [6.45, 7) is 9.77. The van der Waals surface area contributed by atoms with Crippen LogP contribution in [0.1, 0.15) is 25.2 Å². The van der Waals surface area contributed by atoms with Crippen LogP contribution in [0.3, 0.4) is 0 Å².